The summed E-state index contributed by atoms with van der Waals surface area (Å²) in [5.41, 5.74) is 1.82. The lowest BCUT2D eigenvalue weighted by atomic mass is 10.2. The molecule has 4 rings (SSSR count). The Bertz CT molecular complexity index is 1320. The molecule has 0 radical (unpaired) electrons. The average Bonchev–Trinajstić information content (AvgIpc) is 2.68. The van der Waals surface area contributed by atoms with E-state index in [4.69, 9.17) is 0 Å². The van der Waals surface area contributed by atoms with Gasteiger partial charge < -0.3 is 5.32 Å². The Balaban J connectivity index is 2.06. The Morgan fingerprint density at radius 3 is 2.21 bits per heavy atom. The minimum Gasteiger partial charge on any atom is -0.341 e. The summed E-state index contributed by atoms with van der Waals surface area (Å²) in [6.07, 6.45) is 2.41. The predicted octanol–water partition coefficient (Wildman–Crippen LogP) is 3.53. The van der Waals surface area contributed by atoms with Crippen LogP contribution in [0.25, 0.3) is 16.6 Å². The van der Waals surface area contributed by atoms with Gasteiger partial charge in [0.25, 0.3) is 0 Å². The van der Waals surface area contributed by atoms with Crippen molar-refractivity contribution in [1.29, 1.82) is 0 Å². The third-order valence-corrected chi connectivity index (χ3v) is 5.30. The Morgan fingerprint density at radius 1 is 0.929 bits per heavy atom. The quantitative estimate of drug-likeness (QED) is 0.576. The van der Waals surface area contributed by atoms with Gasteiger partial charge in [0.1, 0.15) is 5.82 Å². The molecule has 0 aliphatic carbocycles. The topological polar surface area (TPSA) is 81.1 Å². The van der Waals surface area contributed by atoms with E-state index in [2.05, 4.69) is 10.3 Å². The zero-order valence-electron chi connectivity index (χ0n) is 15.0. The number of anilines is 2. The third-order valence-electron chi connectivity index (χ3n) is 4.31. The van der Waals surface area contributed by atoms with Crippen molar-refractivity contribution in [1.82, 2.24) is 9.55 Å². The minimum absolute atomic E-state index is 0.0825. The number of benzene rings is 2. The van der Waals surface area contributed by atoms with Crippen molar-refractivity contribution in [3.05, 3.63) is 89.2 Å². The Hall–Kier alpha value is -3.45. The molecule has 0 saturated carbocycles. The normalized spacial score (nSPS) is 11.5. The predicted molar refractivity (Wildman–Crippen MR) is 110 cm³/mol. The Morgan fingerprint density at radius 2 is 1.57 bits per heavy atom. The van der Waals surface area contributed by atoms with Gasteiger partial charge in [-0.15, -0.1) is 0 Å². The number of para-hydroxylation sites is 2. The summed E-state index contributed by atoms with van der Waals surface area (Å²) in [4.78, 5) is 16.7. The van der Waals surface area contributed by atoms with Crippen LogP contribution >= 0.6 is 0 Å². The highest BCUT2D eigenvalue weighted by molar-refractivity contribution is 7.90. The van der Waals surface area contributed by atoms with Crippen molar-refractivity contribution < 1.29 is 8.42 Å². The van der Waals surface area contributed by atoms with Crippen molar-refractivity contribution in [2.45, 2.75) is 5.03 Å². The summed E-state index contributed by atoms with van der Waals surface area (Å²) in [6.45, 7) is 0. The first-order valence-corrected chi connectivity index (χ1v) is 10.5. The average molecular weight is 391 g/mol. The monoisotopic (exact) mass is 391 g/mol. The van der Waals surface area contributed by atoms with Gasteiger partial charge in [-0.2, -0.15) is 0 Å². The molecular formula is C21H17N3O3S. The van der Waals surface area contributed by atoms with Gasteiger partial charge in [-0.05, 0) is 24.3 Å². The van der Waals surface area contributed by atoms with Gasteiger partial charge >= 0.3 is 0 Å². The number of pyridine rings is 2. The second kappa shape index (κ2) is 6.94. The number of nitrogens with one attached hydrogen (secondary N) is 1. The fourth-order valence-electron chi connectivity index (χ4n) is 3.02. The van der Waals surface area contributed by atoms with Crippen LogP contribution < -0.4 is 10.7 Å². The maximum absolute atomic E-state index is 12.7. The zero-order chi connectivity index (χ0) is 19.7. The van der Waals surface area contributed by atoms with Gasteiger partial charge in [0, 0.05) is 36.0 Å². The number of hydrogen-bond donors (Lipinski definition) is 1. The number of nitrogens with zero attached hydrogens (tertiary/aromatic N) is 2. The van der Waals surface area contributed by atoms with Crippen LogP contribution in [0, 0.1) is 0 Å². The van der Waals surface area contributed by atoms with Gasteiger partial charge in [0.15, 0.2) is 20.3 Å². The highest BCUT2D eigenvalue weighted by atomic mass is 32.2. The maximum Gasteiger partial charge on any atom is 0.193 e. The lowest BCUT2D eigenvalue weighted by Gasteiger charge is -2.18. The molecule has 7 heteroatoms. The molecule has 0 bridgehead atoms. The molecule has 2 aromatic heterocycles. The standard InChI is InChI=1S/C21H17N3O3S/c1-28(26,27)21-12-18-17(14-22-21)19(25)13-20(23-15-8-4-2-5-9-15)24(18)16-10-6-3-7-11-16/h2-14,23H,1H3. The molecule has 6 nitrogen and oxygen atoms in total. The van der Waals surface area contributed by atoms with Crippen LogP contribution in [0.15, 0.2) is 88.8 Å². The lowest BCUT2D eigenvalue weighted by Crippen LogP contribution is -2.14. The summed E-state index contributed by atoms with van der Waals surface area (Å²) >= 11 is 0. The van der Waals surface area contributed by atoms with Crippen molar-refractivity contribution >= 4 is 32.2 Å². The molecule has 28 heavy (non-hydrogen) atoms. The number of aromatic nitrogens is 2. The van der Waals surface area contributed by atoms with Crippen LogP contribution in [0.1, 0.15) is 0 Å². The molecule has 0 unspecified atom stereocenters. The zero-order valence-corrected chi connectivity index (χ0v) is 15.8. The van der Waals surface area contributed by atoms with E-state index in [0.29, 0.717) is 16.7 Å². The van der Waals surface area contributed by atoms with E-state index >= 15 is 0 Å². The van der Waals surface area contributed by atoms with Gasteiger partial charge in [-0.1, -0.05) is 36.4 Å². The molecular weight excluding hydrogens is 374 g/mol. The van der Waals surface area contributed by atoms with E-state index in [0.717, 1.165) is 17.6 Å². The first-order valence-electron chi connectivity index (χ1n) is 8.57. The first-order chi connectivity index (χ1) is 13.4. The summed E-state index contributed by atoms with van der Waals surface area (Å²) < 4.78 is 25.9. The summed E-state index contributed by atoms with van der Waals surface area (Å²) in [5.74, 6) is 0.528. The Kier molecular flexibility index (Phi) is 4.44. The van der Waals surface area contributed by atoms with Crippen LogP contribution in [-0.2, 0) is 9.84 Å². The first kappa shape index (κ1) is 17.9. The van der Waals surface area contributed by atoms with E-state index < -0.39 is 9.84 Å². The minimum atomic E-state index is -3.52. The molecule has 0 fully saturated rings. The van der Waals surface area contributed by atoms with E-state index in [-0.39, 0.29) is 10.5 Å². The molecule has 1 N–H and O–H groups in total. The largest absolute Gasteiger partial charge is 0.341 e. The van der Waals surface area contributed by atoms with E-state index in [9.17, 15) is 13.2 Å². The second-order valence-electron chi connectivity index (χ2n) is 6.37. The van der Waals surface area contributed by atoms with E-state index in [1.165, 1.54) is 18.3 Å². The van der Waals surface area contributed by atoms with Crippen molar-refractivity contribution in [3.63, 3.8) is 0 Å². The van der Waals surface area contributed by atoms with Gasteiger partial charge in [0.2, 0.25) is 0 Å². The molecule has 0 aliphatic heterocycles. The van der Waals surface area contributed by atoms with Crippen LogP contribution in [0.4, 0.5) is 11.5 Å². The molecule has 0 amide bonds. The van der Waals surface area contributed by atoms with Crippen molar-refractivity contribution in [3.8, 4) is 5.69 Å². The smallest absolute Gasteiger partial charge is 0.193 e. The summed E-state index contributed by atoms with van der Waals surface area (Å²) in [7, 11) is -3.52. The molecule has 140 valence electrons. The maximum atomic E-state index is 12.7. The molecule has 0 atom stereocenters. The fourth-order valence-corrected chi connectivity index (χ4v) is 3.59. The van der Waals surface area contributed by atoms with Crippen LogP contribution in [-0.4, -0.2) is 24.2 Å². The molecule has 4 aromatic rings. The number of fused-ring (bicyclic) bond motifs is 1. The summed E-state index contributed by atoms with van der Waals surface area (Å²) in [5, 5.41) is 3.52. The van der Waals surface area contributed by atoms with Gasteiger partial charge in [0.05, 0.1) is 10.9 Å². The van der Waals surface area contributed by atoms with Crippen molar-refractivity contribution in [2.75, 3.05) is 11.6 Å². The Labute approximate surface area is 162 Å². The SMILES string of the molecule is CS(=O)(=O)c1cc2c(cn1)c(=O)cc(Nc1ccccc1)n2-c1ccccc1. The number of rotatable bonds is 4. The molecule has 2 heterocycles. The lowest BCUT2D eigenvalue weighted by molar-refractivity contribution is 0.598. The van der Waals surface area contributed by atoms with Gasteiger partial charge in [-0.3, -0.25) is 9.36 Å². The summed E-state index contributed by atoms with van der Waals surface area (Å²) in [6, 6.07) is 21.8. The molecule has 0 saturated heterocycles. The highest BCUT2D eigenvalue weighted by Gasteiger charge is 2.16. The fraction of sp³-hybridized carbons (Fsp3) is 0.0476. The van der Waals surface area contributed by atoms with Crippen molar-refractivity contribution in [2.24, 2.45) is 0 Å². The van der Waals surface area contributed by atoms with E-state index in [1.54, 1.807) is 0 Å². The highest BCUT2D eigenvalue weighted by Crippen LogP contribution is 2.26. The molecule has 2 aromatic carbocycles. The number of sulfone groups is 1. The van der Waals surface area contributed by atoms with Crippen LogP contribution in [0.5, 0.6) is 0 Å². The van der Waals surface area contributed by atoms with Crippen LogP contribution in [0.3, 0.4) is 0 Å². The number of hydrogen-bond acceptors (Lipinski definition) is 5. The molecule has 0 aliphatic rings. The third kappa shape index (κ3) is 3.39. The van der Waals surface area contributed by atoms with E-state index in [1.807, 2.05) is 65.2 Å². The van der Waals surface area contributed by atoms with Crippen LogP contribution in [0.2, 0.25) is 0 Å². The second-order valence-corrected chi connectivity index (χ2v) is 8.33. The molecule has 0 spiro atoms. The van der Waals surface area contributed by atoms with Gasteiger partial charge in [-0.25, -0.2) is 13.4 Å².